The molecule has 2 N–H and O–H groups in total. The van der Waals surface area contributed by atoms with Gasteiger partial charge in [0.15, 0.2) is 0 Å². The Hall–Kier alpha value is -0.180. The molecule has 2 nitrogen and oxygen atoms in total. The molecule has 0 aromatic heterocycles. The van der Waals surface area contributed by atoms with Gasteiger partial charge in [-0.05, 0) is 12.8 Å². The minimum Gasteiger partial charge on any atom is -0.369 e. The standard InChI is InChI=1S/C8H14N2S/c9-8-5-11-7-4-2-1-3-6(7)10-8/h6-7H,1-5H2,(H2,9,10)/t6-,7+/m0/s1. The molecule has 1 aliphatic heterocycles. The average molecular weight is 170 g/mol. The molecular formula is C8H14N2S. The maximum absolute atomic E-state index is 7.48. The highest BCUT2D eigenvalue weighted by atomic mass is 32.2. The zero-order valence-corrected chi connectivity index (χ0v) is 7.41. The van der Waals surface area contributed by atoms with Gasteiger partial charge in [-0.25, -0.2) is 0 Å². The second kappa shape index (κ2) is 3.05. The molecule has 1 saturated carbocycles. The number of amidine groups is 1. The van der Waals surface area contributed by atoms with Crippen molar-refractivity contribution in [2.75, 3.05) is 5.75 Å². The van der Waals surface area contributed by atoms with Crippen LogP contribution in [0.5, 0.6) is 0 Å². The predicted octanol–water partition coefficient (Wildman–Crippen LogP) is 1.61. The molecule has 2 atom stereocenters. The summed E-state index contributed by atoms with van der Waals surface area (Å²) in [6, 6.07) is 0.620. The fourth-order valence-corrected chi connectivity index (χ4v) is 3.15. The van der Waals surface area contributed by atoms with Crippen LogP contribution in [-0.4, -0.2) is 22.9 Å². The van der Waals surface area contributed by atoms with Gasteiger partial charge in [0.05, 0.1) is 5.75 Å². The lowest BCUT2D eigenvalue weighted by Gasteiger charge is -2.36. The molecule has 2 fully saturated rings. The van der Waals surface area contributed by atoms with E-state index in [-0.39, 0.29) is 0 Å². The molecule has 0 spiro atoms. The summed E-state index contributed by atoms with van der Waals surface area (Å²) in [6.45, 7) is 0. The summed E-state index contributed by atoms with van der Waals surface area (Å²) in [4.78, 5) is 0. The van der Waals surface area contributed by atoms with E-state index in [9.17, 15) is 0 Å². The second-order valence-electron chi connectivity index (χ2n) is 3.36. The van der Waals surface area contributed by atoms with Gasteiger partial charge in [-0.1, -0.05) is 12.8 Å². The minimum atomic E-state index is 0.620. The van der Waals surface area contributed by atoms with Gasteiger partial charge in [-0.3, -0.25) is 5.41 Å². The maximum Gasteiger partial charge on any atom is 0.104 e. The van der Waals surface area contributed by atoms with Crippen molar-refractivity contribution >= 4 is 17.6 Å². The van der Waals surface area contributed by atoms with Gasteiger partial charge < -0.3 is 5.32 Å². The van der Waals surface area contributed by atoms with E-state index in [0.29, 0.717) is 6.04 Å². The lowest BCUT2D eigenvalue weighted by atomic mass is 9.94. The Morgan fingerprint density at radius 3 is 3.09 bits per heavy atom. The Labute approximate surface area is 71.6 Å². The van der Waals surface area contributed by atoms with Crippen LogP contribution >= 0.6 is 11.8 Å². The number of nitrogens with one attached hydrogen (secondary N) is 2. The SMILES string of the molecule is N=C1CS[C@@H]2CCCC[C@@H]2N1. The summed E-state index contributed by atoms with van der Waals surface area (Å²) in [5.41, 5.74) is 0. The number of hydrogen-bond donors (Lipinski definition) is 2. The normalized spacial score (nSPS) is 37.6. The van der Waals surface area contributed by atoms with E-state index in [1.807, 2.05) is 11.8 Å². The average Bonchev–Trinajstić information content (AvgIpc) is 2.04. The first-order valence-electron chi connectivity index (χ1n) is 4.32. The van der Waals surface area contributed by atoms with Crippen LogP contribution in [-0.2, 0) is 0 Å². The molecular weight excluding hydrogens is 156 g/mol. The van der Waals surface area contributed by atoms with Gasteiger partial charge in [0, 0.05) is 11.3 Å². The lowest BCUT2D eigenvalue weighted by Crippen LogP contribution is -2.48. The monoisotopic (exact) mass is 170 g/mol. The molecule has 0 bridgehead atoms. The number of fused-ring (bicyclic) bond motifs is 1. The van der Waals surface area contributed by atoms with E-state index in [4.69, 9.17) is 5.41 Å². The van der Waals surface area contributed by atoms with E-state index >= 15 is 0 Å². The van der Waals surface area contributed by atoms with Crippen molar-refractivity contribution in [1.29, 1.82) is 5.41 Å². The fraction of sp³-hybridized carbons (Fsp3) is 0.875. The van der Waals surface area contributed by atoms with Gasteiger partial charge in [0.1, 0.15) is 5.84 Å². The number of rotatable bonds is 0. The third kappa shape index (κ3) is 1.53. The predicted molar refractivity (Wildman–Crippen MR) is 49.4 cm³/mol. The molecule has 11 heavy (non-hydrogen) atoms. The topological polar surface area (TPSA) is 35.9 Å². The van der Waals surface area contributed by atoms with Crippen molar-refractivity contribution in [2.45, 2.75) is 37.0 Å². The molecule has 3 heteroatoms. The Bertz CT molecular complexity index is 169. The Kier molecular flexibility index (Phi) is 2.07. The van der Waals surface area contributed by atoms with E-state index < -0.39 is 0 Å². The van der Waals surface area contributed by atoms with Crippen LogP contribution in [0.2, 0.25) is 0 Å². The molecule has 0 amide bonds. The Morgan fingerprint density at radius 2 is 2.18 bits per heavy atom. The molecule has 0 aromatic carbocycles. The third-order valence-corrected chi connectivity index (χ3v) is 3.95. The van der Waals surface area contributed by atoms with Gasteiger partial charge in [-0.2, -0.15) is 0 Å². The zero-order chi connectivity index (χ0) is 7.68. The van der Waals surface area contributed by atoms with E-state index in [1.54, 1.807) is 0 Å². The minimum absolute atomic E-state index is 0.620. The summed E-state index contributed by atoms with van der Waals surface area (Å²) in [7, 11) is 0. The molecule has 0 aromatic rings. The molecule has 2 rings (SSSR count). The highest BCUT2D eigenvalue weighted by Gasteiger charge is 2.29. The smallest absolute Gasteiger partial charge is 0.104 e. The van der Waals surface area contributed by atoms with Gasteiger partial charge in [0.25, 0.3) is 0 Å². The van der Waals surface area contributed by atoms with E-state index in [1.165, 1.54) is 25.7 Å². The third-order valence-electron chi connectivity index (χ3n) is 2.50. The summed E-state index contributed by atoms with van der Waals surface area (Å²) in [5.74, 6) is 1.64. The van der Waals surface area contributed by atoms with Crippen LogP contribution in [0, 0.1) is 5.41 Å². The summed E-state index contributed by atoms with van der Waals surface area (Å²) < 4.78 is 0. The summed E-state index contributed by atoms with van der Waals surface area (Å²) in [6.07, 6.45) is 5.38. The van der Waals surface area contributed by atoms with Crippen LogP contribution in [0.3, 0.4) is 0 Å². The molecule has 0 radical (unpaired) electrons. The molecule has 1 heterocycles. The van der Waals surface area contributed by atoms with Gasteiger partial charge in [0.2, 0.25) is 0 Å². The first kappa shape index (κ1) is 7.47. The molecule has 1 saturated heterocycles. The molecule has 0 unspecified atom stereocenters. The van der Waals surface area contributed by atoms with Crippen molar-refractivity contribution in [2.24, 2.45) is 0 Å². The summed E-state index contributed by atoms with van der Waals surface area (Å²) >= 11 is 1.97. The quantitative estimate of drug-likeness (QED) is 0.579. The molecule has 2 aliphatic rings. The maximum atomic E-state index is 7.48. The van der Waals surface area contributed by atoms with Crippen molar-refractivity contribution in [3.05, 3.63) is 0 Å². The van der Waals surface area contributed by atoms with E-state index in [0.717, 1.165) is 16.8 Å². The van der Waals surface area contributed by atoms with Crippen LogP contribution in [0.25, 0.3) is 0 Å². The largest absolute Gasteiger partial charge is 0.369 e. The first-order valence-corrected chi connectivity index (χ1v) is 5.37. The lowest BCUT2D eigenvalue weighted by molar-refractivity contribution is 0.420. The fourth-order valence-electron chi connectivity index (χ4n) is 1.92. The Balaban J connectivity index is 1.98. The van der Waals surface area contributed by atoms with Gasteiger partial charge in [-0.15, -0.1) is 11.8 Å². The zero-order valence-electron chi connectivity index (χ0n) is 6.60. The molecule has 62 valence electrons. The highest BCUT2D eigenvalue weighted by Crippen LogP contribution is 2.31. The Morgan fingerprint density at radius 1 is 1.36 bits per heavy atom. The summed E-state index contributed by atoms with van der Waals surface area (Å²) in [5, 5.41) is 11.6. The van der Waals surface area contributed by atoms with Crippen molar-refractivity contribution in [3.63, 3.8) is 0 Å². The highest BCUT2D eigenvalue weighted by molar-refractivity contribution is 8.00. The van der Waals surface area contributed by atoms with Crippen LogP contribution in [0.15, 0.2) is 0 Å². The van der Waals surface area contributed by atoms with Gasteiger partial charge >= 0.3 is 0 Å². The van der Waals surface area contributed by atoms with Crippen LogP contribution < -0.4 is 5.32 Å². The first-order chi connectivity index (χ1) is 5.36. The van der Waals surface area contributed by atoms with E-state index in [2.05, 4.69) is 5.32 Å². The van der Waals surface area contributed by atoms with Crippen molar-refractivity contribution < 1.29 is 0 Å². The van der Waals surface area contributed by atoms with Crippen LogP contribution in [0.1, 0.15) is 25.7 Å². The van der Waals surface area contributed by atoms with Crippen molar-refractivity contribution in [3.8, 4) is 0 Å². The number of thioether (sulfide) groups is 1. The second-order valence-corrected chi connectivity index (χ2v) is 4.59. The number of hydrogen-bond acceptors (Lipinski definition) is 2. The molecule has 1 aliphatic carbocycles. The van der Waals surface area contributed by atoms with Crippen LogP contribution in [0.4, 0.5) is 0 Å². The van der Waals surface area contributed by atoms with Crippen molar-refractivity contribution in [1.82, 2.24) is 5.32 Å².